The molecule has 9 heteroatoms. The molecule has 0 unspecified atom stereocenters. The number of carbonyl (C=O) groups is 1. The summed E-state index contributed by atoms with van der Waals surface area (Å²) in [5, 5.41) is 0.782. The van der Waals surface area contributed by atoms with Crippen LogP contribution in [0.2, 0.25) is 5.02 Å². The number of carbonyl (C=O) groups excluding carboxylic acids is 1. The molecule has 3 rings (SSSR count). The van der Waals surface area contributed by atoms with Gasteiger partial charge in [-0.05, 0) is 43.0 Å². The Morgan fingerprint density at radius 2 is 1.82 bits per heavy atom. The van der Waals surface area contributed by atoms with Crippen molar-refractivity contribution >= 4 is 38.6 Å². The van der Waals surface area contributed by atoms with Crippen LogP contribution in [-0.4, -0.2) is 20.4 Å². The topological polar surface area (TPSA) is 103 Å². The van der Waals surface area contributed by atoms with Crippen molar-refractivity contribution in [2.75, 3.05) is 0 Å². The van der Waals surface area contributed by atoms with E-state index >= 15 is 0 Å². The third kappa shape index (κ3) is 5.63. The van der Waals surface area contributed by atoms with Crippen molar-refractivity contribution in [2.45, 2.75) is 51.5 Å². The lowest BCUT2D eigenvalue weighted by molar-refractivity contribution is -0.137. The minimum Gasteiger partial charge on any atom is -0.424 e. The predicted octanol–water partition coefficient (Wildman–Crippen LogP) is 4.62. The summed E-state index contributed by atoms with van der Waals surface area (Å²) in [7, 11) is -3.97. The number of hydrogen-bond donors (Lipinski definition) is 1. The molecular weight excluding hydrogens is 466 g/mol. The number of fused-ring (bicyclic) bond motifs is 1. The first-order valence-electron chi connectivity index (χ1n) is 10.6. The Morgan fingerprint density at radius 3 is 2.42 bits per heavy atom. The Morgan fingerprint density at radius 1 is 1.15 bits per heavy atom. The van der Waals surface area contributed by atoms with Crippen molar-refractivity contribution in [3.8, 4) is 5.75 Å². The molecule has 0 spiro atoms. The number of sulfonamides is 1. The summed E-state index contributed by atoms with van der Waals surface area (Å²) in [6.45, 7) is 7.34. The molecule has 2 atom stereocenters. The van der Waals surface area contributed by atoms with Gasteiger partial charge in [-0.3, -0.25) is 0 Å². The van der Waals surface area contributed by atoms with Gasteiger partial charge in [0.2, 0.25) is 10.0 Å². The number of halogens is 1. The van der Waals surface area contributed by atoms with Gasteiger partial charge in [0, 0.05) is 17.5 Å². The number of ether oxygens (including phenoxy) is 1. The quantitative estimate of drug-likeness (QED) is 0.280. The zero-order valence-electron chi connectivity index (χ0n) is 18.8. The summed E-state index contributed by atoms with van der Waals surface area (Å²) >= 11 is 6.34. The molecule has 176 valence electrons. The predicted molar refractivity (Wildman–Crippen MR) is 127 cm³/mol. The van der Waals surface area contributed by atoms with E-state index < -0.39 is 27.7 Å². The summed E-state index contributed by atoms with van der Waals surface area (Å²) in [6, 6.07) is 9.49. The third-order valence-corrected chi connectivity index (χ3v) is 7.31. The Bertz CT molecular complexity index is 1330. The maximum atomic E-state index is 13.1. The van der Waals surface area contributed by atoms with E-state index in [9.17, 15) is 18.0 Å². The highest BCUT2D eigenvalue weighted by atomic mass is 35.5. The normalized spacial score (nSPS) is 13.6. The lowest BCUT2D eigenvalue weighted by Gasteiger charge is -2.23. The van der Waals surface area contributed by atoms with Crippen molar-refractivity contribution in [3.05, 3.63) is 69.0 Å². The number of aryl methyl sites for hydroxylation is 2. The van der Waals surface area contributed by atoms with Gasteiger partial charge in [0.1, 0.15) is 11.6 Å². The van der Waals surface area contributed by atoms with E-state index in [4.69, 9.17) is 20.8 Å². The lowest BCUT2D eigenvalue weighted by Crippen LogP contribution is -2.46. The Hall–Kier alpha value is -2.68. The number of hydrogen-bond acceptors (Lipinski definition) is 6. The molecule has 1 aromatic heterocycles. The first kappa shape index (κ1) is 25.0. The van der Waals surface area contributed by atoms with E-state index in [1.54, 1.807) is 25.1 Å². The highest BCUT2D eigenvalue weighted by molar-refractivity contribution is 7.89. The molecule has 3 aromatic rings. The van der Waals surface area contributed by atoms with Crippen LogP contribution in [0.4, 0.5) is 0 Å². The van der Waals surface area contributed by atoms with E-state index in [-0.39, 0.29) is 27.2 Å². The summed E-state index contributed by atoms with van der Waals surface area (Å²) in [5.74, 6) is -1.19. The smallest absolute Gasteiger partial charge is 0.336 e. The summed E-state index contributed by atoms with van der Waals surface area (Å²) in [4.78, 5) is 24.9. The highest BCUT2D eigenvalue weighted by Crippen LogP contribution is 2.32. The van der Waals surface area contributed by atoms with Crippen LogP contribution >= 0.6 is 11.6 Å². The molecule has 0 saturated carbocycles. The zero-order chi connectivity index (χ0) is 24.3. The van der Waals surface area contributed by atoms with Gasteiger partial charge in [-0.2, -0.15) is 4.72 Å². The van der Waals surface area contributed by atoms with Gasteiger partial charge in [-0.15, -0.1) is 0 Å². The van der Waals surface area contributed by atoms with Gasteiger partial charge in [-0.25, -0.2) is 18.0 Å². The van der Waals surface area contributed by atoms with Crippen LogP contribution < -0.4 is 15.1 Å². The first-order valence-corrected chi connectivity index (χ1v) is 12.5. The molecule has 0 fully saturated rings. The van der Waals surface area contributed by atoms with Crippen LogP contribution in [-0.2, 0) is 21.2 Å². The fourth-order valence-electron chi connectivity index (χ4n) is 3.36. The van der Waals surface area contributed by atoms with Crippen molar-refractivity contribution in [2.24, 2.45) is 5.92 Å². The van der Waals surface area contributed by atoms with E-state index in [1.807, 2.05) is 20.8 Å². The molecule has 0 bridgehead atoms. The summed E-state index contributed by atoms with van der Waals surface area (Å²) < 4.78 is 39.0. The minimum atomic E-state index is -3.97. The van der Waals surface area contributed by atoms with E-state index in [2.05, 4.69) is 4.72 Å². The number of benzene rings is 2. The molecule has 0 aliphatic heterocycles. The van der Waals surface area contributed by atoms with Crippen LogP contribution in [0.3, 0.4) is 0 Å². The summed E-state index contributed by atoms with van der Waals surface area (Å²) in [5.41, 5.74) is 1.37. The van der Waals surface area contributed by atoms with E-state index in [1.165, 1.54) is 24.3 Å². The number of nitrogens with one attached hydrogen (secondary N) is 1. The van der Waals surface area contributed by atoms with Crippen LogP contribution in [0.1, 0.15) is 38.3 Å². The molecule has 1 heterocycles. The van der Waals surface area contributed by atoms with Crippen LogP contribution in [0.15, 0.2) is 56.6 Å². The van der Waals surface area contributed by atoms with E-state index in [0.29, 0.717) is 18.2 Å². The van der Waals surface area contributed by atoms with Crippen molar-refractivity contribution in [1.82, 2.24) is 4.72 Å². The van der Waals surface area contributed by atoms with Gasteiger partial charge in [0.05, 0.1) is 9.92 Å². The second-order valence-corrected chi connectivity index (χ2v) is 10.1. The van der Waals surface area contributed by atoms with Crippen molar-refractivity contribution in [1.29, 1.82) is 0 Å². The van der Waals surface area contributed by atoms with Crippen LogP contribution in [0, 0.1) is 12.8 Å². The maximum absolute atomic E-state index is 13.1. The Kier molecular flexibility index (Phi) is 7.62. The standard InChI is InChI=1S/C24H26ClNO6S/c1-5-15(4)23(26-33(29,30)17-9-7-14(3)8-10-17)24(28)32-21-13-20-18(12-19(21)25)16(6-2)11-22(27)31-20/h7-13,15,23,26H,5-6H2,1-4H3/t15-,23+/m0/s1. The fourth-order valence-corrected chi connectivity index (χ4v) is 4.85. The molecule has 0 aliphatic rings. The zero-order valence-corrected chi connectivity index (χ0v) is 20.4. The molecule has 2 aromatic carbocycles. The second kappa shape index (κ2) is 10.1. The Balaban J connectivity index is 1.93. The van der Waals surface area contributed by atoms with Gasteiger partial charge in [0.25, 0.3) is 0 Å². The lowest BCUT2D eigenvalue weighted by atomic mass is 10.0. The molecule has 1 N–H and O–H groups in total. The van der Waals surface area contributed by atoms with Crippen LogP contribution in [0.25, 0.3) is 11.0 Å². The second-order valence-electron chi connectivity index (χ2n) is 7.94. The van der Waals surface area contributed by atoms with E-state index in [0.717, 1.165) is 11.1 Å². The monoisotopic (exact) mass is 491 g/mol. The molecule has 0 radical (unpaired) electrons. The van der Waals surface area contributed by atoms with Crippen molar-refractivity contribution < 1.29 is 22.4 Å². The van der Waals surface area contributed by atoms with Gasteiger partial charge >= 0.3 is 11.6 Å². The minimum absolute atomic E-state index is 0.0200. The molecule has 33 heavy (non-hydrogen) atoms. The largest absolute Gasteiger partial charge is 0.424 e. The van der Waals surface area contributed by atoms with Gasteiger partial charge in [-0.1, -0.05) is 56.5 Å². The SMILES string of the molecule is CCc1cc(=O)oc2cc(OC(=O)[C@H](NS(=O)(=O)c3ccc(C)cc3)[C@@H](C)CC)c(Cl)cc12. The average Bonchev–Trinajstić information content (AvgIpc) is 2.77. The molecule has 7 nitrogen and oxygen atoms in total. The number of rotatable bonds is 8. The summed E-state index contributed by atoms with van der Waals surface area (Å²) in [6.07, 6.45) is 1.12. The average molecular weight is 492 g/mol. The molecule has 0 saturated heterocycles. The first-order chi connectivity index (χ1) is 15.6. The fraction of sp³-hybridized carbons (Fsp3) is 0.333. The van der Waals surface area contributed by atoms with Crippen LogP contribution in [0.5, 0.6) is 5.75 Å². The Labute approximate surface area is 197 Å². The highest BCUT2D eigenvalue weighted by Gasteiger charge is 2.32. The van der Waals surface area contributed by atoms with Gasteiger partial charge < -0.3 is 9.15 Å². The third-order valence-electron chi connectivity index (χ3n) is 5.55. The van der Waals surface area contributed by atoms with Crippen molar-refractivity contribution in [3.63, 3.8) is 0 Å². The molecular formula is C24H26ClNO6S. The molecule has 0 amide bonds. The maximum Gasteiger partial charge on any atom is 0.336 e. The molecule has 0 aliphatic carbocycles. The van der Waals surface area contributed by atoms with Gasteiger partial charge in [0.15, 0.2) is 5.75 Å². The number of esters is 1.